The van der Waals surface area contributed by atoms with Crippen LogP contribution >= 0.6 is 0 Å². The summed E-state index contributed by atoms with van der Waals surface area (Å²) in [5.41, 5.74) is 0.737. The van der Waals surface area contributed by atoms with Gasteiger partial charge in [-0.2, -0.15) is 5.10 Å². The minimum absolute atomic E-state index is 0.00232. The van der Waals surface area contributed by atoms with Gasteiger partial charge < -0.3 is 23.1 Å². The summed E-state index contributed by atoms with van der Waals surface area (Å²) >= 11 is 0. The molecule has 1 saturated heterocycles. The number of aromatic nitrogens is 3. The van der Waals surface area contributed by atoms with Crippen LogP contribution in [-0.4, -0.2) is 69.7 Å². The molecule has 0 radical (unpaired) electrons. The summed E-state index contributed by atoms with van der Waals surface area (Å²) in [4.78, 5) is 4.52. The van der Waals surface area contributed by atoms with Gasteiger partial charge in [-0.05, 0) is 60.0 Å². The van der Waals surface area contributed by atoms with Crippen molar-refractivity contribution in [3.8, 4) is 0 Å². The standard InChI is InChI=1S/C32H59N3O5Si3/c1-30(2,3)41(10,11)37-21-24-26(39-42(12,13)31(4,5)6)27(40-43(14,15)32(7,8)9)29(38-24)35-22-33-28(34-35)25(36)23-19-17-16-18-20-23/h16-20,22,24-27,29,36H,21H2,1-15H3/t24-,25?,26?,27+,29-/m1/s1. The van der Waals surface area contributed by atoms with Crippen molar-refractivity contribution in [2.45, 2.75) is 147 Å². The van der Waals surface area contributed by atoms with Crippen LogP contribution in [0, 0.1) is 0 Å². The highest BCUT2D eigenvalue weighted by molar-refractivity contribution is 6.75. The van der Waals surface area contributed by atoms with Gasteiger partial charge in [0, 0.05) is 0 Å². The maximum atomic E-state index is 11.1. The Morgan fingerprint density at radius 3 is 1.77 bits per heavy atom. The molecule has 244 valence electrons. The average molecular weight is 650 g/mol. The molecule has 0 bridgehead atoms. The van der Waals surface area contributed by atoms with Gasteiger partial charge in [0.15, 0.2) is 37.0 Å². The second kappa shape index (κ2) is 12.5. The first kappa shape index (κ1) is 36.3. The van der Waals surface area contributed by atoms with Crippen molar-refractivity contribution in [1.82, 2.24) is 14.8 Å². The van der Waals surface area contributed by atoms with Gasteiger partial charge >= 0.3 is 0 Å². The lowest BCUT2D eigenvalue weighted by Crippen LogP contribution is -2.54. The molecule has 0 saturated carbocycles. The molecule has 2 aromatic rings. The maximum absolute atomic E-state index is 11.1. The van der Waals surface area contributed by atoms with Crippen LogP contribution in [0.4, 0.5) is 0 Å². The van der Waals surface area contributed by atoms with Crippen molar-refractivity contribution in [3.63, 3.8) is 0 Å². The fraction of sp³-hybridized carbons (Fsp3) is 0.750. The first-order valence-electron chi connectivity index (χ1n) is 15.7. The number of hydrogen-bond acceptors (Lipinski definition) is 7. The van der Waals surface area contributed by atoms with Crippen LogP contribution in [0.5, 0.6) is 0 Å². The summed E-state index contributed by atoms with van der Waals surface area (Å²) in [6.07, 6.45) is -1.01. The number of nitrogens with zero attached hydrogens (tertiary/aromatic N) is 3. The SMILES string of the molecule is CC(C)(C)[Si](C)(C)OC[C@H]1O[C@@H](n2cnc(C(O)c3ccccc3)n2)[C@@H](O[Si](C)(C)C(C)(C)C)C1O[Si](C)(C)C(C)(C)C. The van der Waals surface area contributed by atoms with Gasteiger partial charge in [0.1, 0.15) is 30.7 Å². The molecule has 5 atom stereocenters. The lowest BCUT2D eigenvalue weighted by Gasteiger charge is -2.44. The molecule has 1 aliphatic rings. The Hall–Kier alpha value is -1.19. The van der Waals surface area contributed by atoms with E-state index in [9.17, 15) is 5.11 Å². The minimum Gasteiger partial charge on any atom is -0.414 e. The minimum atomic E-state index is -2.28. The Morgan fingerprint density at radius 1 is 0.791 bits per heavy atom. The second-order valence-corrected chi connectivity index (χ2v) is 31.0. The Bertz CT molecular complexity index is 1200. The molecule has 3 rings (SSSR count). The molecule has 1 aliphatic heterocycles. The normalized spacial score (nSPS) is 23.5. The lowest BCUT2D eigenvalue weighted by atomic mass is 10.1. The Morgan fingerprint density at radius 2 is 1.28 bits per heavy atom. The molecular formula is C32H59N3O5Si3. The summed E-state index contributed by atoms with van der Waals surface area (Å²) in [6, 6.07) is 9.46. The number of ether oxygens (including phenoxy) is 1. The van der Waals surface area contributed by atoms with E-state index >= 15 is 0 Å². The van der Waals surface area contributed by atoms with E-state index in [1.54, 1.807) is 11.0 Å². The number of hydrogen-bond donors (Lipinski definition) is 1. The predicted octanol–water partition coefficient (Wildman–Crippen LogP) is 8.06. The monoisotopic (exact) mass is 649 g/mol. The summed E-state index contributed by atoms with van der Waals surface area (Å²) in [7, 11) is -6.60. The zero-order valence-electron chi connectivity index (χ0n) is 29.5. The van der Waals surface area contributed by atoms with Crippen molar-refractivity contribution >= 4 is 25.0 Å². The molecule has 0 amide bonds. The molecule has 1 aromatic heterocycles. The highest BCUT2D eigenvalue weighted by atomic mass is 28.4. The first-order valence-corrected chi connectivity index (χ1v) is 24.4. The van der Waals surface area contributed by atoms with Crippen LogP contribution in [0.25, 0.3) is 0 Å². The van der Waals surface area contributed by atoms with E-state index in [0.29, 0.717) is 12.4 Å². The first-order chi connectivity index (χ1) is 19.4. The van der Waals surface area contributed by atoms with Crippen LogP contribution in [0.2, 0.25) is 54.4 Å². The van der Waals surface area contributed by atoms with Crippen molar-refractivity contribution in [2.75, 3.05) is 6.61 Å². The zero-order valence-corrected chi connectivity index (χ0v) is 32.5. The third-order valence-electron chi connectivity index (χ3n) is 10.3. The van der Waals surface area contributed by atoms with E-state index in [1.807, 2.05) is 30.3 Å². The highest BCUT2D eigenvalue weighted by Crippen LogP contribution is 2.46. The lowest BCUT2D eigenvalue weighted by molar-refractivity contribution is -0.0551. The van der Waals surface area contributed by atoms with E-state index in [1.165, 1.54) is 0 Å². The smallest absolute Gasteiger partial charge is 0.192 e. The summed E-state index contributed by atoms with van der Waals surface area (Å²) in [5.74, 6) is 0.323. The van der Waals surface area contributed by atoms with Crippen molar-refractivity contribution < 1.29 is 23.1 Å². The van der Waals surface area contributed by atoms with Gasteiger partial charge in [0.25, 0.3) is 0 Å². The fourth-order valence-corrected chi connectivity index (χ4v) is 7.80. The number of rotatable bonds is 10. The molecule has 1 N–H and O–H groups in total. The summed E-state index contributed by atoms with van der Waals surface area (Å²) in [5, 5.41) is 15.9. The summed E-state index contributed by atoms with van der Waals surface area (Å²) in [6.45, 7) is 34.3. The second-order valence-electron chi connectivity index (χ2n) is 16.7. The number of benzene rings is 1. The third-order valence-corrected chi connectivity index (χ3v) is 23.8. The maximum Gasteiger partial charge on any atom is 0.192 e. The third kappa shape index (κ3) is 8.16. The van der Waals surface area contributed by atoms with E-state index in [-0.39, 0.29) is 27.3 Å². The van der Waals surface area contributed by atoms with Gasteiger partial charge in [0.2, 0.25) is 0 Å². The summed E-state index contributed by atoms with van der Waals surface area (Å²) < 4.78 is 29.8. The van der Waals surface area contributed by atoms with Crippen LogP contribution in [0.15, 0.2) is 36.7 Å². The van der Waals surface area contributed by atoms with Crippen LogP contribution < -0.4 is 0 Å². The van der Waals surface area contributed by atoms with Gasteiger partial charge in [-0.15, -0.1) is 0 Å². The van der Waals surface area contributed by atoms with Crippen LogP contribution in [0.1, 0.15) is 86.0 Å². The van der Waals surface area contributed by atoms with Gasteiger partial charge in [-0.25, -0.2) is 9.67 Å². The van der Waals surface area contributed by atoms with Gasteiger partial charge in [-0.1, -0.05) is 92.6 Å². The largest absolute Gasteiger partial charge is 0.414 e. The Kier molecular flexibility index (Phi) is 10.6. The van der Waals surface area contributed by atoms with E-state index in [4.69, 9.17) is 23.1 Å². The van der Waals surface area contributed by atoms with Crippen molar-refractivity contribution in [1.29, 1.82) is 0 Å². The molecule has 2 heterocycles. The number of aliphatic hydroxyl groups is 1. The van der Waals surface area contributed by atoms with E-state index < -0.39 is 43.4 Å². The zero-order chi connectivity index (χ0) is 32.8. The molecule has 8 nitrogen and oxygen atoms in total. The average Bonchev–Trinajstić information content (AvgIpc) is 3.46. The molecule has 11 heteroatoms. The molecule has 43 heavy (non-hydrogen) atoms. The highest BCUT2D eigenvalue weighted by Gasteiger charge is 2.55. The molecule has 1 fully saturated rings. The topological polar surface area (TPSA) is 87.9 Å². The number of aliphatic hydroxyl groups excluding tert-OH is 1. The fourth-order valence-electron chi connectivity index (χ4n) is 4.18. The quantitative estimate of drug-likeness (QED) is 0.261. The van der Waals surface area contributed by atoms with Crippen LogP contribution in [0.3, 0.4) is 0 Å². The Balaban J connectivity index is 2.08. The van der Waals surface area contributed by atoms with E-state index in [2.05, 4.69) is 107 Å². The van der Waals surface area contributed by atoms with Crippen LogP contribution in [-0.2, 0) is 18.0 Å². The van der Waals surface area contributed by atoms with E-state index in [0.717, 1.165) is 5.56 Å². The Labute approximate surface area is 264 Å². The van der Waals surface area contributed by atoms with Crippen molar-refractivity contribution in [2.24, 2.45) is 0 Å². The molecule has 0 aliphatic carbocycles. The van der Waals surface area contributed by atoms with Gasteiger partial charge in [0.05, 0.1) is 6.61 Å². The molecule has 0 spiro atoms. The molecular weight excluding hydrogens is 591 g/mol. The van der Waals surface area contributed by atoms with Gasteiger partial charge in [-0.3, -0.25) is 0 Å². The molecule has 2 unspecified atom stereocenters. The molecule has 1 aromatic carbocycles. The van der Waals surface area contributed by atoms with Crippen molar-refractivity contribution in [3.05, 3.63) is 48.0 Å². The predicted molar refractivity (Wildman–Crippen MR) is 182 cm³/mol.